The predicted octanol–water partition coefficient (Wildman–Crippen LogP) is 2.87. The van der Waals surface area contributed by atoms with Crippen molar-refractivity contribution in [3.63, 3.8) is 0 Å². The first-order chi connectivity index (χ1) is 9.13. The van der Waals surface area contributed by atoms with Crippen LogP contribution in [0.5, 0.6) is 0 Å². The van der Waals surface area contributed by atoms with Crippen LogP contribution < -0.4 is 5.32 Å². The van der Waals surface area contributed by atoms with E-state index in [1.54, 1.807) is 14.1 Å². The van der Waals surface area contributed by atoms with Gasteiger partial charge in [0, 0.05) is 20.3 Å². The zero-order chi connectivity index (χ0) is 13.8. The Morgan fingerprint density at radius 3 is 2.79 bits per heavy atom. The van der Waals surface area contributed by atoms with Gasteiger partial charge in [-0.3, -0.25) is 14.8 Å². The minimum Gasteiger partial charge on any atom is -0.300 e. The Hall–Kier alpha value is -1.88. The Bertz CT molecular complexity index is 603. The van der Waals surface area contributed by atoms with Crippen molar-refractivity contribution >= 4 is 35.1 Å². The van der Waals surface area contributed by atoms with Gasteiger partial charge in [-0.15, -0.1) is 0 Å². The number of carbonyl (C=O) groups excluding carboxylic acids is 1. The van der Waals surface area contributed by atoms with E-state index < -0.39 is 0 Å². The molecule has 1 saturated heterocycles. The van der Waals surface area contributed by atoms with Crippen molar-refractivity contribution in [1.82, 2.24) is 5.32 Å². The zero-order valence-corrected chi connectivity index (χ0v) is 11.9. The molecule has 0 saturated carbocycles. The molecular weight excluding hydrogens is 258 g/mol. The summed E-state index contributed by atoms with van der Waals surface area (Å²) in [6, 6.07) is 6.11. The number of aryl methyl sites for hydroxylation is 1. The van der Waals surface area contributed by atoms with Crippen molar-refractivity contribution in [1.29, 1.82) is 0 Å². The Balaban J connectivity index is 2.38. The summed E-state index contributed by atoms with van der Waals surface area (Å²) in [6.45, 7) is 2.04. The quantitative estimate of drug-likeness (QED) is 0.842. The summed E-state index contributed by atoms with van der Waals surface area (Å²) in [4.78, 5) is 20.3. The van der Waals surface area contributed by atoms with Gasteiger partial charge in [0.25, 0.3) is 5.24 Å². The lowest BCUT2D eigenvalue weighted by Gasteiger charge is -2.02. The van der Waals surface area contributed by atoms with Gasteiger partial charge in [-0.1, -0.05) is 12.1 Å². The molecule has 19 heavy (non-hydrogen) atoms. The van der Waals surface area contributed by atoms with Crippen LogP contribution in [0.15, 0.2) is 33.1 Å². The monoisotopic (exact) mass is 273 g/mol. The van der Waals surface area contributed by atoms with Gasteiger partial charge in [-0.05, 0) is 47.5 Å². The number of benzene rings is 1. The SMILES string of the molecule is CN=Cc1cc(/C=C2\SC(=O)NC2=NC)ccc1C. The molecule has 0 aliphatic carbocycles. The van der Waals surface area contributed by atoms with Crippen LogP contribution in [0.4, 0.5) is 4.79 Å². The van der Waals surface area contributed by atoms with Gasteiger partial charge in [0.15, 0.2) is 0 Å². The number of aliphatic imine (C=N–C) groups is 2. The summed E-state index contributed by atoms with van der Waals surface area (Å²) in [6.07, 6.45) is 3.79. The predicted molar refractivity (Wildman–Crippen MR) is 82.2 cm³/mol. The fourth-order valence-electron chi connectivity index (χ4n) is 1.77. The number of rotatable bonds is 2. The molecule has 1 heterocycles. The van der Waals surface area contributed by atoms with Gasteiger partial charge in [0.2, 0.25) is 0 Å². The Morgan fingerprint density at radius 1 is 1.32 bits per heavy atom. The fourth-order valence-corrected chi connectivity index (χ4v) is 2.56. The van der Waals surface area contributed by atoms with Crippen LogP contribution in [0.2, 0.25) is 0 Å². The number of hydrogen-bond donors (Lipinski definition) is 1. The lowest BCUT2D eigenvalue weighted by molar-refractivity contribution is 0.265. The Labute approximate surface area is 116 Å². The van der Waals surface area contributed by atoms with Gasteiger partial charge >= 0.3 is 0 Å². The van der Waals surface area contributed by atoms with Crippen LogP contribution in [0.1, 0.15) is 16.7 Å². The van der Waals surface area contributed by atoms with Crippen molar-refractivity contribution in [2.24, 2.45) is 9.98 Å². The lowest BCUT2D eigenvalue weighted by atomic mass is 10.1. The van der Waals surface area contributed by atoms with Gasteiger partial charge in [0.05, 0.1) is 4.91 Å². The summed E-state index contributed by atoms with van der Waals surface area (Å²) >= 11 is 1.16. The van der Waals surface area contributed by atoms with Crippen LogP contribution in [0.25, 0.3) is 6.08 Å². The molecular formula is C14H15N3OS. The van der Waals surface area contributed by atoms with E-state index in [0.29, 0.717) is 5.84 Å². The molecule has 4 nitrogen and oxygen atoms in total. The van der Waals surface area contributed by atoms with Crippen molar-refractivity contribution in [3.8, 4) is 0 Å². The van der Waals surface area contributed by atoms with Crippen LogP contribution in [-0.2, 0) is 0 Å². The molecule has 1 aliphatic heterocycles. The van der Waals surface area contributed by atoms with E-state index in [0.717, 1.165) is 27.8 Å². The largest absolute Gasteiger partial charge is 0.300 e. The molecule has 1 fully saturated rings. The number of amides is 1. The third-order valence-electron chi connectivity index (χ3n) is 2.75. The zero-order valence-electron chi connectivity index (χ0n) is 11.1. The highest BCUT2D eigenvalue weighted by Gasteiger charge is 2.22. The van der Waals surface area contributed by atoms with Crippen molar-refractivity contribution < 1.29 is 4.79 Å². The van der Waals surface area contributed by atoms with Gasteiger partial charge in [0.1, 0.15) is 5.84 Å². The van der Waals surface area contributed by atoms with E-state index in [1.807, 2.05) is 37.4 Å². The average molecular weight is 273 g/mol. The summed E-state index contributed by atoms with van der Waals surface area (Å²) in [5.41, 5.74) is 3.28. The van der Waals surface area contributed by atoms with Crippen molar-refractivity contribution in [3.05, 3.63) is 39.8 Å². The molecule has 0 radical (unpaired) electrons. The number of nitrogens with one attached hydrogen (secondary N) is 1. The summed E-state index contributed by atoms with van der Waals surface area (Å²) < 4.78 is 0. The van der Waals surface area contributed by atoms with Gasteiger partial charge < -0.3 is 5.32 Å². The summed E-state index contributed by atoms with van der Waals surface area (Å²) in [7, 11) is 3.42. The van der Waals surface area contributed by atoms with Crippen LogP contribution in [0, 0.1) is 6.92 Å². The highest BCUT2D eigenvalue weighted by molar-refractivity contribution is 8.18. The van der Waals surface area contributed by atoms with Crippen molar-refractivity contribution in [2.45, 2.75) is 6.92 Å². The number of thioether (sulfide) groups is 1. The lowest BCUT2D eigenvalue weighted by Crippen LogP contribution is -2.18. The summed E-state index contributed by atoms with van der Waals surface area (Å²) in [5, 5.41) is 2.62. The normalized spacial score (nSPS) is 19.6. The molecule has 1 aromatic rings. The fraction of sp³-hybridized carbons (Fsp3) is 0.214. The first kappa shape index (κ1) is 13.5. The molecule has 1 aromatic carbocycles. The molecule has 98 valence electrons. The molecule has 0 spiro atoms. The number of amidine groups is 1. The molecule has 5 heteroatoms. The van der Waals surface area contributed by atoms with Crippen LogP contribution >= 0.6 is 11.8 Å². The third kappa shape index (κ3) is 3.12. The second kappa shape index (κ2) is 5.84. The number of carbonyl (C=O) groups is 1. The first-order valence-electron chi connectivity index (χ1n) is 5.84. The number of nitrogens with zero attached hydrogens (tertiary/aromatic N) is 2. The summed E-state index contributed by atoms with van der Waals surface area (Å²) in [5.74, 6) is 0.626. The maximum absolute atomic E-state index is 11.3. The highest BCUT2D eigenvalue weighted by Crippen LogP contribution is 2.26. The second-order valence-electron chi connectivity index (χ2n) is 4.10. The van der Waals surface area contributed by atoms with Gasteiger partial charge in [-0.25, -0.2) is 0 Å². The van der Waals surface area contributed by atoms with E-state index in [2.05, 4.69) is 15.3 Å². The maximum Gasteiger partial charge on any atom is 0.289 e. The van der Waals surface area contributed by atoms with E-state index >= 15 is 0 Å². The maximum atomic E-state index is 11.3. The molecule has 0 aromatic heterocycles. The molecule has 1 N–H and O–H groups in total. The average Bonchev–Trinajstić information content (AvgIpc) is 2.74. The molecule has 0 atom stereocenters. The number of hydrogen-bond acceptors (Lipinski definition) is 4. The van der Waals surface area contributed by atoms with E-state index in [-0.39, 0.29) is 5.24 Å². The minimum absolute atomic E-state index is 0.0886. The first-order valence-corrected chi connectivity index (χ1v) is 6.66. The molecule has 1 aliphatic rings. The van der Waals surface area contributed by atoms with Crippen molar-refractivity contribution in [2.75, 3.05) is 14.1 Å². The van der Waals surface area contributed by atoms with E-state index in [9.17, 15) is 4.79 Å². The standard InChI is InChI=1S/C14H15N3OS/c1-9-4-5-10(6-11(9)8-15-2)7-12-13(16-3)17-14(18)19-12/h4-8H,1-3H3,(H,16,17,18)/b12-7-,15-8?. The van der Waals surface area contributed by atoms with E-state index in [4.69, 9.17) is 0 Å². The van der Waals surface area contributed by atoms with E-state index in [1.165, 1.54) is 5.56 Å². The topological polar surface area (TPSA) is 53.8 Å². The molecule has 0 bridgehead atoms. The third-order valence-corrected chi connectivity index (χ3v) is 3.57. The van der Waals surface area contributed by atoms with Gasteiger partial charge in [-0.2, -0.15) is 0 Å². The Morgan fingerprint density at radius 2 is 2.11 bits per heavy atom. The highest BCUT2D eigenvalue weighted by atomic mass is 32.2. The molecule has 1 amide bonds. The van der Waals surface area contributed by atoms with Crippen LogP contribution in [-0.4, -0.2) is 31.4 Å². The second-order valence-corrected chi connectivity index (χ2v) is 5.11. The molecule has 2 rings (SSSR count). The Kier molecular flexibility index (Phi) is 4.16. The smallest absolute Gasteiger partial charge is 0.289 e. The van der Waals surface area contributed by atoms with Crippen LogP contribution in [0.3, 0.4) is 0 Å². The molecule has 0 unspecified atom stereocenters. The minimum atomic E-state index is -0.0886.